The third-order valence-electron chi connectivity index (χ3n) is 3.99. The van der Waals surface area contributed by atoms with E-state index in [1.54, 1.807) is 22.7 Å². The van der Waals surface area contributed by atoms with Gasteiger partial charge in [0, 0.05) is 10.3 Å². The fourth-order valence-corrected chi connectivity index (χ4v) is 4.22. The molecule has 0 fully saturated rings. The van der Waals surface area contributed by atoms with Gasteiger partial charge in [-0.15, -0.1) is 22.7 Å². The Morgan fingerprint density at radius 3 is 2.60 bits per heavy atom. The second-order valence-corrected chi connectivity index (χ2v) is 8.08. The van der Waals surface area contributed by atoms with E-state index >= 15 is 0 Å². The topological polar surface area (TPSA) is 42.0 Å². The van der Waals surface area contributed by atoms with Gasteiger partial charge in [0.15, 0.2) is 0 Å². The van der Waals surface area contributed by atoms with Gasteiger partial charge in [0.1, 0.15) is 0 Å². The Kier molecular flexibility index (Phi) is 6.00. The van der Waals surface area contributed by atoms with E-state index in [2.05, 4.69) is 47.6 Å². The molecule has 1 N–H and O–H groups in total. The van der Waals surface area contributed by atoms with E-state index in [0.29, 0.717) is 6.42 Å². The molecular weight excluding hydrogens is 348 g/mol. The fourth-order valence-electron chi connectivity index (χ4n) is 2.81. The number of aromatic nitrogens is 1. The Hall–Kier alpha value is -1.98. The van der Waals surface area contributed by atoms with Gasteiger partial charge < -0.3 is 5.32 Å². The number of thiophene rings is 1. The Morgan fingerprint density at radius 2 is 2.00 bits per heavy atom. The van der Waals surface area contributed by atoms with Crippen LogP contribution in [0.3, 0.4) is 0 Å². The lowest BCUT2D eigenvalue weighted by atomic mass is 10.0. The number of nitrogens with one attached hydrogen (secondary N) is 1. The second kappa shape index (κ2) is 8.41. The maximum Gasteiger partial charge on any atom is 0.226 e. The highest BCUT2D eigenvalue weighted by molar-refractivity contribution is 7.10. The molecule has 5 heteroatoms. The SMILES string of the molecule is CCCc1ccc(C(NC(=O)Cc2csc(C)n2)c2cccs2)cc1. The lowest BCUT2D eigenvalue weighted by Crippen LogP contribution is -2.30. The highest BCUT2D eigenvalue weighted by Gasteiger charge is 2.18. The molecule has 0 aliphatic rings. The number of carbonyl (C=O) groups is 1. The lowest BCUT2D eigenvalue weighted by Gasteiger charge is -2.18. The molecular formula is C20H22N2OS2. The summed E-state index contributed by atoms with van der Waals surface area (Å²) in [7, 11) is 0. The molecule has 0 saturated carbocycles. The number of amides is 1. The standard InChI is InChI=1S/C20H22N2OS2/c1-3-5-15-7-9-16(10-8-15)20(18-6-4-11-24-18)22-19(23)12-17-13-25-14(2)21-17/h4,6-11,13,20H,3,5,12H2,1-2H3,(H,22,23). The predicted molar refractivity (Wildman–Crippen MR) is 105 cm³/mol. The molecule has 0 saturated heterocycles. The Bertz CT molecular complexity index is 807. The minimum atomic E-state index is -0.108. The lowest BCUT2D eigenvalue weighted by molar-refractivity contribution is -0.120. The zero-order valence-electron chi connectivity index (χ0n) is 14.5. The summed E-state index contributed by atoms with van der Waals surface area (Å²) < 4.78 is 0. The van der Waals surface area contributed by atoms with Gasteiger partial charge in [-0.05, 0) is 35.9 Å². The van der Waals surface area contributed by atoms with Crippen LogP contribution in [0.1, 0.15) is 46.1 Å². The van der Waals surface area contributed by atoms with Crippen molar-refractivity contribution in [1.82, 2.24) is 10.3 Å². The van der Waals surface area contributed by atoms with E-state index < -0.39 is 0 Å². The van der Waals surface area contributed by atoms with Crippen LogP contribution in [-0.2, 0) is 17.6 Å². The zero-order chi connectivity index (χ0) is 17.6. The fraction of sp³-hybridized carbons (Fsp3) is 0.300. The third-order valence-corrected chi connectivity index (χ3v) is 5.75. The first-order chi connectivity index (χ1) is 12.2. The van der Waals surface area contributed by atoms with Crippen molar-refractivity contribution >= 4 is 28.6 Å². The minimum absolute atomic E-state index is 0.00124. The molecule has 0 aliphatic carbocycles. The molecule has 2 heterocycles. The van der Waals surface area contributed by atoms with Crippen LogP contribution in [0.5, 0.6) is 0 Å². The molecule has 0 aliphatic heterocycles. The molecule has 3 aromatic rings. The summed E-state index contributed by atoms with van der Waals surface area (Å²) in [5.74, 6) is 0.00124. The number of rotatable bonds is 7. The van der Waals surface area contributed by atoms with Crippen molar-refractivity contribution < 1.29 is 4.79 Å². The van der Waals surface area contributed by atoms with E-state index in [4.69, 9.17) is 0 Å². The molecule has 3 nitrogen and oxygen atoms in total. The van der Waals surface area contributed by atoms with Crippen LogP contribution in [0, 0.1) is 6.92 Å². The smallest absolute Gasteiger partial charge is 0.226 e. The molecule has 1 amide bonds. The number of aryl methyl sites for hydroxylation is 2. The van der Waals surface area contributed by atoms with Gasteiger partial charge in [-0.2, -0.15) is 0 Å². The van der Waals surface area contributed by atoms with Gasteiger partial charge >= 0.3 is 0 Å². The highest BCUT2D eigenvalue weighted by atomic mass is 32.1. The molecule has 3 rings (SSSR count). The average molecular weight is 371 g/mol. The number of nitrogens with zero attached hydrogens (tertiary/aromatic N) is 1. The molecule has 25 heavy (non-hydrogen) atoms. The van der Waals surface area contributed by atoms with Gasteiger partial charge in [-0.1, -0.05) is 43.7 Å². The van der Waals surface area contributed by atoms with E-state index in [1.807, 2.05) is 23.8 Å². The maximum atomic E-state index is 12.5. The predicted octanol–water partition coefficient (Wildman–Crippen LogP) is 4.91. The van der Waals surface area contributed by atoms with Crippen LogP contribution >= 0.6 is 22.7 Å². The molecule has 1 atom stereocenters. The van der Waals surface area contributed by atoms with Crippen molar-refractivity contribution in [3.8, 4) is 0 Å². The molecule has 1 unspecified atom stereocenters. The summed E-state index contributed by atoms with van der Waals surface area (Å²) in [5, 5.41) is 8.17. The van der Waals surface area contributed by atoms with Gasteiger partial charge in [0.2, 0.25) is 5.91 Å². The zero-order valence-corrected chi connectivity index (χ0v) is 16.1. The summed E-state index contributed by atoms with van der Waals surface area (Å²) in [4.78, 5) is 18.1. The van der Waals surface area contributed by atoms with Crippen molar-refractivity contribution in [2.45, 2.75) is 39.2 Å². The number of thiazole rings is 1. The normalized spacial score (nSPS) is 12.1. The van der Waals surface area contributed by atoms with Crippen molar-refractivity contribution in [1.29, 1.82) is 0 Å². The number of hydrogen-bond acceptors (Lipinski definition) is 4. The van der Waals surface area contributed by atoms with Crippen LogP contribution in [0.25, 0.3) is 0 Å². The summed E-state index contributed by atoms with van der Waals surface area (Å²) >= 11 is 3.24. The van der Waals surface area contributed by atoms with Crippen molar-refractivity contribution in [3.05, 3.63) is 73.9 Å². The molecule has 1 aromatic carbocycles. The summed E-state index contributed by atoms with van der Waals surface area (Å²) in [6.07, 6.45) is 2.54. The van der Waals surface area contributed by atoms with Gasteiger partial charge in [-0.25, -0.2) is 4.98 Å². The van der Waals surface area contributed by atoms with Crippen molar-refractivity contribution in [3.63, 3.8) is 0 Å². The Morgan fingerprint density at radius 1 is 1.20 bits per heavy atom. The van der Waals surface area contributed by atoms with E-state index in [0.717, 1.165) is 34.0 Å². The Labute approximate surface area is 156 Å². The number of hydrogen-bond donors (Lipinski definition) is 1. The van der Waals surface area contributed by atoms with Crippen molar-refractivity contribution in [2.75, 3.05) is 0 Å². The van der Waals surface area contributed by atoms with E-state index in [-0.39, 0.29) is 11.9 Å². The molecule has 0 bridgehead atoms. The maximum absolute atomic E-state index is 12.5. The first-order valence-corrected chi connectivity index (χ1v) is 10.2. The number of carbonyl (C=O) groups excluding carboxylic acids is 1. The summed E-state index contributed by atoms with van der Waals surface area (Å²) in [5.41, 5.74) is 3.29. The van der Waals surface area contributed by atoms with Gasteiger partial charge in [0.25, 0.3) is 0 Å². The van der Waals surface area contributed by atoms with Crippen LogP contribution < -0.4 is 5.32 Å². The second-order valence-electron chi connectivity index (χ2n) is 6.04. The third kappa shape index (κ3) is 4.77. The van der Waals surface area contributed by atoms with Gasteiger partial charge in [0.05, 0.1) is 23.2 Å². The molecule has 130 valence electrons. The number of benzene rings is 1. The minimum Gasteiger partial charge on any atom is -0.344 e. The van der Waals surface area contributed by atoms with Crippen LogP contribution in [0.4, 0.5) is 0 Å². The van der Waals surface area contributed by atoms with E-state index in [9.17, 15) is 4.79 Å². The average Bonchev–Trinajstić information content (AvgIpc) is 3.26. The Balaban J connectivity index is 1.77. The monoisotopic (exact) mass is 370 g/mol. The summed E-state index contributed by atoms with van der Waals surface area (Å²) in [6, 6.07) is 12.6. The molecule has 0 radical (unpaired) electrons. The first-order valence-electron chi connectivity index (χ1n) is 8.48. The highest BCUT2D eigenvalue weighted by Crippen LogP contribution is 2.26. The molecule has 2 aromatic heterocycles. The largest absolute Gasteiger partial charge is 0.344 e. The van der Waals surface area contributed by atoms with Crippen LogP contribution in [0.2, 0.25) is 0 Å². The molecule has 0 spiro atoms. The van der Waals surface area contributed by atoms with Gasteiger partial charge in [-0.3, -0.25) is 4.79 Å². The quantitative estimate of drug-likeness (QED) is 0.642. The van der Waals surface area contributed by atoms with Crippen LogP contribution in [0.15, 0.2) is 47.2 Å². The summed E-state index contributed by atoms with van der Waals surface area (Å²) in [6.45, 7) is 4.14. The van der Waals surface area contributed by atoms with Crippen LogP contribution in [-0.4, -0.2) is 10.9 Å². The van der Waals surface area contributed by atoms with E-state index in [1.165, 1.54) is 5.56 Å². The van der Waals surface area contributed by atoms with Crippen molar-refractivity contribution in [2.24, 2.45) is 0 Å². The first kappa shape index (κ1) is 17.8.